The van der Waals surface area contributed by atoms with Gasteiger partial charge in [-0.1, -0.05) is 0 Å². The van der Waals surface area contributed by atoms with E-state index in [-0.39, 0.29) is 11.5 Å². The fourth-order valence-corrected chi connectivity index (χ4v) is 1.37. The van der Waals surface area contributed by atoms with Crippen LogP contribution < -0.4 is 0 Å². The van der Waals surface area contributed by atoms with E-state index in [1.165, 1.54) is 13.1 Å². The van der Waals surface area contributed by atoms with E-state index in [1.54, 1.807) is 35.2 Å². The zero-order chi connectivity index (χ0) is 10.8. The maximum atomic E-state index is 11.3. The average molecular weight is 202 g/mol. The number of rotatable bonds is 2. The van der Waals surface area contributed by atoms with Gasteiger partial charge in [0, 0.05) is 12.6 Å². The van der Waals surface area contributed by atoms with Gasteiger partial charge in [0.25, 0.3) is 0 Å². The van der Waals surface area contributed by atoms with Gasteiger partial charge in [0.1, 0.15) is 11.4 Å². The van der Waals surface area contributed by atoms with Crippen LogP contribution in [0.5, 0.6) is 5.75 Å². The van der Waals surface area contributed by atoms with Crippen molar-refractivity contribution in [2.24, 2.45) is 0 Å². The van der Waals surface area contributed by atoms with Crippen LogP contribution in [0.1, 0.15) is 17.4 Å². The van der Waals surface area contributed by atoms with Crippen molar-refractivity contribution in [3.63, 3.8) is 0 Å². The van der Waals surface area contributed by atoms with Gasteiger partial charge >= 0.3 is 0 Å². The number of carbonyl (C=O) groups is 1. The standard InChI is InChI=1S/C11H10N2O2/c1-8(14)11-6-12-7-13(11)9-2-4-10(15)5-3-9/h2-7,15H,1H3. The van der Waals surface area contributed by atoms with Gasteiger partial charge in [-0.25, -0.2) is 4.98 Å². The maximum absolute atomic E-state index is 11.3. The first-order chi connectivity index (χ1) is 7.18. The third-order valence-electron chi connectivity index (χ3n) is 2.13. The van der Waals surface area contributed by atoms with E-state index in [0.29, 0.717) is 5.69 Å². The van der Waals surface area contributed by atoms with Gasteiger partial charge in [-0.15, -0.1) is 0 Å². The molecule has 0 aliphatic carbocycles. The number of aromatic nitrogens is 2. The summed E-state index contributed by atoms with van der Waals surface area (Å²) in [5, 5.41) is 9.14. The molecule has 4 nitrogen and oxygen atoms in total. The molecule has 0 aliphatic rings. The molecule has 0 aliphatic heterocycles. The molecule has 0 unspecified atom stereocenters. The number of phenolic OH excluding ortho intramolecular Hbond substituents is 1. The van der Waals surface area contributed by atoms with Crippen LogP contribution in [0.2, 0.25) is 0 Å². The zero-order valence-corrected chi connectivity index (χ0v) is 8.21. The molecular weight excluding hydrogens is 192 g/mol. The summed E-state index contributed by atoms with van der Waals surface area (Å²) in [6.07, 6.45) is 3.10. The molecule has 1 aromatic heterocycles. The Labute approximate surface area is 86.8 Å². The first-order valence-corrected chi connectivity index (χ1v) is 4.51. The molecular formula is C11H10N2O2. The van der Waals surface area contributed by atoms with Crippen molar-refractivity contribution in [3.05, 3.63) is 42.5 Å². The molecule has 4 heteroatoms. The highest BCUT2D eigenvalue weighted by molar-refractivity contribution is 5.92. The van der Waals surface area contributed by atoms with Crippen molar-refractivity contribution in [2.45, 2.75) is 6.92 Å². The molecule has 0 fully saturated rings. The Bertz CT molecular complexity index is 486. The molecule has 1 heterocycles. The third-order valence-corrected chi connectivity index (χ3v) is 2.13. The SMILES string of the molecule is CC(=O)c1cncn1-c1ccc(O)cc1. The molecule has 1 aromatic carbocycles. The number of imidazole rings is 1. The molecule has 0 bridgehead atoms. The largest absolute Gasteiger partial charge is 0.508 e. The molecule has 0 saturated heterocycles. The lowest BCUT2D eigenvalue weighted by Gasteiger charge is -2.05. The summed E-state index contributed by atoms with van der Waals surface area (Å²) in [4.78, 5) is 15.2. The normalized spacial score (nSPS) is 10.2. The first kappa shape index (κ1) is 9.45. The smallest absolute Gasteiger partial charge is 0.178 e. The lowest BCUT2D eigenvalue weighted by atomic mass is 10.2. The fourth-order valence-electron chi connectivity index (χ4n) is 1.37. The fraction of sp³-hybridized carbons (Fsp3) is 0.0909. The highest BCUT2D eigenvalue weighted by Crippen LogP contribution is 2.15. The number of ketones is 1. The Balaban J connectivity index is 2.49. The molecule has 2 rings (SSSR count). The van der Waals surface area contributed by atoms with Crippen molar-refractivity contribution in [3.8, 4) is 11.4 Å². The predicted molar refractivity (Wildman–Crippen MR) is 55.2 cm³/mol. The minimum Gasteiger partial charge on any atom is -0.508 e. The molecule has 1 N–H and O–H groups in total. The number of benzene rings is 1. The van der Waals surface area contributed by atoms with Crippen LogP contribution in [0.15, 0.2) is 36.8 Å². The summed E-state index contributed by atoms with van der Waals surface area (Å²) in [6, 6.07) is 6.59. The van der Waals surface area contributed by atoms with E-state index >= 15 is 0 Å². The van der Waals surface area contributed by atoms with Crippen LogP contribution >= 0.6 is 0 Å². The van der Waals surface area contributed by atoms with E-state index in [2.05, 4.69) is 4.98 Å². The van der Waals surface area contributed by atoms with Gasteiger partial charge in [0.2, 0.25) is 0 Å². The van der Waals surface area contributed by atoms with Gasteiger partial charge in [0.05, 0.1) is 12.5 Å². The predicted octanol–water partition coefficient (Wildman–Crippen LogP) is 1.78. The Morgan fingerprint density at radius 2 is 2.00 bits per heavy atom. The molecule has 15 heavy (non-hydrogen) atoms. The van der Waals surface area contributed by atoms with Crippen molar-refractivity contribution in [2.75, 3.05) is 0 Å². The molecule has 0 amide bonds. The number of hydrogen-bond donors (Lipinski definition) is 1. The first-order valence-electron chi connectivity index (χ1n) is 4.51. The molecule has 0 radical (unpaired) electrons. The molecule has 0 saturated carbocycles. The molecule has 0 spiro atoms. The van der Waals surface area contributed by atoms with E-state index < -0.39 is 0 Å². The van der Waals surface area contributed by atoms with Crippen molar-refractivity contribution < 1.29 is 9.90 Å². The number of nitrogens with zero attached hydrogens (tertiary/aromatic N) is 2. The van der Waals surface area contributed by atoms with Crippen molar-refractivity contribution in [1.29, 1.82) is 0 Å². The number of hydrogen-bond acceptors (Lipinski definition) is 3. The Hall–Kier alpha value is -2.10. The van der Waals surface area contributed by atoms with Crippen molar-refractivity contribution >= 4 is 5.78 Å². The maximum Gasteiger partial charge on any atom is 0.178 e. The lowest BCUT2D eigenvalue weighted by molar-refractivity contribution is 0.101. The zero-order valence-electron chi connectivity index (χ0n) is 8.21. The molecule has 2 aromatic rings. The van der Waals surface area contributed by atoms with Gasteiger partial charge in [-0.3, -0.25) is 9.36 Å². The number of aromatic hydroxyl groups is 1. The summed E-state index contributed by atoms with van der Waals surface area (Å²) < 4.78 is 1.68. The third kappa shape index (κ3) is 1.74. The number of phenols is 1. The summed E-state index contributed by atoms with van der Waals surface area (Å²) in [6.45, 7) is 1.49. The van der Waals surface area contributed by atoms with Crippen LogP contribution in [0, 0.1) is 0 Å². The van der Waals surface area contributed by atoms with Gasteiger partial charge in [-0.2, -0.15) is 0 Å². The summed E-state index contributed by atoms with van der Waals surface area (Å²) in [5.41, 5.74) is 1.33. The van der Waals surface area contributed by atoms with E-state index in [4.69, 9.17) is 5.11 Å². The highest BCUT2D eigenvalue weighted by Gasteiger charge is 2.07. The molecule has 76 valence electrons. The topological polar surface area (TPSA) is 55.1 Å². The Morgan fingerprint density at radius 3 is 2.60 bits per heavy atom. The van der Waals surface area contributed by atoms with Crippen LogP contribution in [0.3, 0.4) is 0 Å². The van der Waals surface area contributed by atoms with E-state index in [0.717, 1.165) is 5.69 Å². The minimum atomic E-state index is -0.0411. The highest BCUT2D eigenvalue weighted by atomic mass is 16.3. The quantitative estimate of drug-likeness (QED) is 0.755. The van der Waals surface area contributed by atoms with Crippen molar-refractivity contribution in [1.82, 2.24) is 9.55 Å². The minimum absolute atomic E-state index is 0.0411. The number of Topliss-reactive ketones (excluding diaryl/α,β-unsaturated/α-hetero) is 1. The van der Waals surface area contributed by atoms with Gasteiger partial charge in [-0.05, 0) is 24.3 Å². The monoisotopic (exact) mass is 202 g/mol. The van der Waals surface area contributed by atoms with Crippen LogP contribution in [-0.4, -0.2) is 20.4 Å². The second kappa shape index (κ2) is 3.57. The van der Waals surface area contributed by atoms with Gasteiger partial charge < -0.3 is 5.11 Å². The Morgan fingerprint density at radius 1 is 1.33 bits per heavy atom. The molecule has 0 atom stereocenters. The van der Waals surface area contributed by atoms with Crippen LogP contribution in [0.4, 0.5) is 0 Å². The van der Waals surface area contributed by atoms with E-state index in [9.17, 15) is 4.79 Å². The summed E-state index contributed by atoms with van der Waals surface area (Å²) in [7, 11) is 0. The van der Waals surface area contributed by atoms with Gasteiger partial charge in [0.15, 0.2) is 5.78 Å². The number of carbonyl (C=O) groups excluding carboxylic acids is 1. The lowest BCUT2D eigenvalue weighted by Crippen LogP contribution is -2.02. The van der Waals surface area contributed by atoms with Crippen LogP contribution in [0.25, 0.3) is 5.69 Å². The average Bonchev–Trinajstić information content (AvgIpc) is 2.67. The second-order valence-electron chi connectivity index (χ2n) is 3.22. The van der Waals surface area contributed by atoms with E-state index in [1.807, 2.05) is 0 Å². The summed E-state index contributed by atoms with van der Waals surface area (Å²) >= 11 is 0. The summed E-state index contributed by atoms with van der Waals surface area (Å²) in [5.74, 6) is 0.156. The Kier molecular flexibility index (Phi) is 2.25. The van der Waals surface area contributed by atoms with Crippen LogP contribution in [-0.2, 0) is 0 Å². The second-order valence-corrected chi connectivity index (χ2v) is 3.22.